The smallest absolute Gasteiger partial charge is 0.244 e. The molecule has 19 heavy (non-hydrogen) atoms. The summed E-state index contributed by atoms with van der Waals surface area (Å²) >= 11 is 0. The van der Waals surface area contributed by atoms with E-state index in [2.05, 4.69) is 5.32 Å². The molecule has 2 rings (SSSR count). The molecule has 0 radical (unpaired) electrons. The van der Waals surface area contributed by atoms with Gasteiger partial charge in [0.05, 0.1) is 12.1 Å². The normalized spacial score (nSPS) is 15.3. The number of nitrogens with two attached hydrogens (primary N) is 1. The molecule has 0 saturated heterocycles. The monoisotopic (exact) mass is 286 g/mol. The highest BCUT2D eigenvalue weighted by Gasteiger charge is 2.45. The fourth-order valence-electron chi connectivity index (χ4n) is 1.52. The van der Waals surface area contributed by atoms with Crippen LogP contribution in [0.5, 0.6) is 5.75 Å². The van der Waals surface area contributed by atoms with Gasteiger partial charge in [-0.15, -0.1) is 12.4 Å². The summed E-state index contributed by atoms with van der Waals surface area (Å²) in [5.41, 5.74) is 5.86. The Bertz CT molecular complexity index is 436. The van der Waals surface area contributed by atoms with Gasteiger partial charge in [-0.1, -0.05) is 6.07 Å². The third kappa shape index (κ3) is 4.38. The van der Waals surface area contributed by atoms with Crippen molar-refractivity contribution in [2.24, 2.45) is 5.73 Å². The molecule has 1 aliphatic rings. The first-order valence-corrected chi connectivity index (χ1v) is 5.96. The number of carbonyl (C=O) groups excluding carboxylic acids is 1. The Morgan fingerprint density at radius 2 is 2.16 bits per heavy atom. The largest absolute Gasteiger partial charge is 0.491 e. The molecule has 1 aromatic rings. The molecular formula is C13H19ClN2O3. The lowest BCUT2D eigenvalue weighted by Gasteiger charge is -2.11. The van der Waals surface area contributed by atoms with Gasteiger partial charge in [-0.2, -0.15) is 0 Å². The van der Waals surface area contributed by atoms with Gasteiger partial charge in [-0.25, -0.2) is 0 Å². The van der Waals surface area contributed by atoms with E-state index in [1.165, 1.54) is 0 Å². The molecule has 0 heterocycles. The molecule has 1 aliphatic carbocycles. The fourth-order valence-corrected chi connectivity index (χ4v) is 1.52. The van der Waals surface area contributed by atoms with E-state index in [1.807, 2.05) is 18.2 Å². The Labute approximate surface area is 118 Å². The van der Waals surface area contributed by atoms with E-state index in [0.29, 0.717) is 24.7 Å². The van der Waals surface area contributed by atoms with Crippen molar-refractivity contribution in [1.29, 1.82) is 0 Å². The van der Waals surface area contributed by atoms with Crippen molar-refractivity contribution in [3.05, 3.63) is 24.3 Å². The number of methoxy groups -OCH3 is 1. The second-order valence-corrected chi connectivity index (χ2v) is 4.48. The topological polar surface area (TPSA) is 73.6 Å². The molecule has 1 saturated carbocycles. The van der Waals surface area contributed by atoms with Crippen LogP contribution in [0.3, 0.4) is 0 Å². The Hall–Kier alpha value is -1.30. The molecule has 1 amide bonds. The fraction of sp³-hybridized carbons (Fsp3) is 0.462. The number of hydrogen-bond donors (Lipinski definition) is 2. The summed E-state index contributed by atoms with van der Waals surface area (Å²) in [5.74, 6) is 0.572. The molecule has 3 N–H and O–H groups in total. The number of nitrogens with one attached hydrogen (secondary N) is 1. The zero-order valence-electron chi connectivity index (χ0n) is 10.8. The third-order valence-corrected chi connectivity index (χ3v) is 2.89. The van der Waals surface area contributed by atoms with Crippen LogP contribution < -0.4 is 15.8 Å². The van der Waals surface area contributed by atoms with Gasteiger partial charge in [0.2, 0.25) is 5.91 Å². The number of anilines is 1. The second kappa shape index (κ2) is 6.75. The van der Waals surface area contributed by atoms with Crippen LogP contribution in [-0.2, 0) is 9.53 Å². The molecular weight excluding hydrogens is 268 g/mol. The second-order valence-electron chi connectivity index (χ2n) is 4.48. The summed E-state index contributed by atoms with van der Waals surface area (Å²) in [4.78, 5) is 11.8. The molecule has 5 nitrogen and oxygen atoms in total. The van der Waals surface area contributed by atoms with Crippen LogP contribution in [0.25, 0.3) is 0 Å². The maximum Gasteiger partial charge on any atom is 0.244 e. The van der Waals surface area contributed by atoms with Crippen LogP contribution >= 0.6 is 12.4 Å². The highest BCUT2D eigenvalue weighted by molar-refractivity contribution is 6.00. The van der Waals surface area contributed by atoms with Gasteiger partial charge in [0.15, 0.2) is 0 Å². The summed E-state index contributed by atoms with van der Waals surface area (Å²) in [5, 5.41) is 2.80. The van der Waals surface area contributed by atoms with Crippen molar-refractivity contribution in [1.82, 2.24) is 0 Å². The Morgan fingerprint density at radius 1 is 1.42 bits per heavy atom. The van der Waals surface area contributed by atoms with E-state index in [1.54, 1.807) is 13.2 Å². The standard InChI is InChI=1S/C13H18N2O3.ClH/c1-17-7-8-18-11-4-2-3-10(9-11)15-12(16)13(14)5-6-13;/h2-4,9H,5-8,14H2,1H3,(H,15,16);1H. The Balaban J connectivity index is 0.00000180. The van der Waals surface area contributed by atoms with Crippen LogP contribution in [0.15, 0.2) is 24.3 Å². The predicted molar refractivity (Wildman–Crippen MR) is 75.8 cm³/mol. The molecule has 0 spiro atoms. The molecule has 1 fully saturated rings. The Morgan fingerprint density at radius 3 is 2.79 bits per heavy atom. The van der Waals surface area contributed by atoms with Crippen LogP contribution in [0.1, 0.15) is 12.8 Å². The first-order chi connectivity index (χ1) is 8.64. The molecule has 106 valence electrons. The number of benzene rings is 1. The molecule has 0 atom stereocenters. The van der Waals surface area contributed by atoms with E-state index in [-0.39, 0.29) is 18.3 Å². The quantitative estimate of drug-likeness (QED) is 0.779. The van der Waals surface area contributed by atoms with Gasteiger partial charge in [0, 0.05) is 18.9 Å². The number of amides is 1. The zero-order chi connectivity index (χ0) is 13.0. The predicted octanol–water partition coefficient (Wildman–Crippen LogP) is 1.56. The van der Waals surface area contributed by atoms with Gasteiger partial charge in [-0.3, -0.25) is 4.79 Å². The van der Waals surface area contributed by atoms with Crippen molar-refractivity contribution in [2.75, 3.05) is 25.6 Å². The Kier molecular flexibility index (Phi) is 5.60. The lowest BCUT2D eigenvalue weighted by molar-refractivity contribution is -0.118. The van der Waals surface area contributed by atoms with Crippen molar-refractivity contribution in [2.45, 2.75) is 18.4 Å². The van der Waals surface area contributed by atoms with E-state index in [4.69, 9.17) is 15.2 Å². The lowest BCUT2D eigenvalue weighted by Crippen LogP contribution is -2.37. The lowest BCUT2D eigenvalue weighted by atomic mass is 10.2. The van der Waals surface area contributed by atoms with Gasteiger partial charge in [0.25, 0.3) is 0 Å². The van der Waals surface area contributed by atoms with Crippen molar-refractivity contribution < 1.29 is 14.3 Å². The van der Waals surface area contributed by atoms with Crippen LogP contribution in [0, 0.1) is 0 Å². The molecule has 6 heteroatoms. The maximum atomic E-state index is 11.8. The molecule has 1 aromatic carbocycles. The molecule has 0 aliphatic heterocycles. The van der Waals surface area contributed by atoms with Crippen LogP contribution in [-0.4, -0.2) is 31.8 Å². The first kappa shape index (κ1) is 15.8. The van der Waals surface area contributed by atoms with Crippen molar-refractivity contribution >= 4 is 24.0 Å². The third-order valence-electron chi connectivity index (χ3n) is 2.89. The maximum absolute atomic E-state index is 11.8. The summed E-state index contributed by atoms with van der Waals surface area (Å²) < 4.78 is 10.4. The van der Waals surface area contributed by atoms with E-state index in [9.17, 15) is 4.79 Å². The molecule has 0 unspecified atom stereocenters. The number of ether oxygens (including phenoxy) is 2. The average molecular weight is 287 g/mol. The highest BCUT2D eigenvalue weighted by atomic mass is 35.5. The summed E-state index contributed by atoms with van der Waals surface area (Å²) in [6.07, 6.45) is 1.51. The van der Waals surface area contributed by atoms with Gasteiger partial charge >= 0.3 is 0 Å². The zero-order valence-corrected chi connectivity index (χ0v) is 11.7. The molecule has 0 aromatic heterocycles. The van der Waals surface area contributed by atoms with E-state index in [0.717, 1.165) is 12.8 Å². The molecule has 0 bridgehead atoms. The summed E-state index contributed by atoms with van der Waals surface area (Å²) in [6.45, 7) is 1.01. The van der Waals surface area contributed by atoms with E-state index < -0.39 is 5.54 Å². The van der Waals surface area contributed by atoms with Crippen LogP contribution in [0.2, 0.25) is 0 Å². The minimum Gasteiger partial charge on any atom is -0.491 e. The minimum atomic E-state index is -0.660. The summed E-state index contributed by atoms with van der Waals surface area (Å²) in [7, 11) is 1.62. The highest BCUT2D eigenvalue weighted by Crippen LogP contribution is 2.33. The number of carbonyl (C=O) groups is 1. The van der Waals surface area contributed by atoms with E-state index >= 15 is 0 Å². The van der Waals surface area contributed by atoms with Gasteiger partial charge in [0.1, 0.15) is 12.4 Å². The van der Waals surface area contributed by atoms with Crippen molar-refractivity contribution in [3.63, 3.8) is 0 Å². The SMILES string of the molecule is COCCOc1cccc(NC(=O)C2(N)CC2)c1.Cl. The number of rotatable bonds is 6. The van der Waals surface area contributed by atoms with Gasteiger partial charge < -0.3 is 20.5 Å². The van der Waals surface area contributed by atoms with Gasteiger partial charge in [-0.05, 0) is 25.0 Å². The average Bonchev–Trinajstić information content (AvgIpc) is 3.10. The summed E-state index contributed by atoms with van der Waals surface area (Å²) in [6, 6.07) is 7.25. The first-order valence-electron chi connectivity index (χ1n) is 5.96. The number of hydrogen-bond acceptors (Lipinski definition) is 4. The number of halogens is 1. The minimum absolute atomic E-state index is 0. The van der Waals surface area contributed by atoms with Crippen LogP contribution in [0.4, 0.5) is 5.69 Å². The van der Waals surface area contributed by atoms with Crippen molar-refractivity contribution in [3.8, 4) is 5.75 Å².